The number of pyridine rings is 1. The lowest BCUT2D eigenvalue weighted by Gasteiger charge is -2.35. The number of hydrogen-bond donors (Lipinski definition) is 2. The third kappa shape index (κ3) is 4.15. The normalized spacial score (nSPS) is 12.6. The van der Waals surface area contributed by atoms with Gasteiger partial charge in [-0.25, -0.2) is 9.37 Å². The number of likely N-dealkylation sites (N-methyl/N-ethyl adjacent to an activating group) is 1. The number of halogens is 1. The highest BCUT2D eigenvalue weighted by atomic mass is 19.1. The molecule has 20 heavy (non-hydrogen) atoms. The van der Waals surface area contributed by atoms with Crippen molar-refractivity contribution in [3.63, 3.8) is 0 Å². The molecule has 1 rings (SSSR count). The Kier molecular flexibility index (Phi) is 5.10. The number of aromatic nitrogens is 1. The van der Waals surface area contributed by atoms with Crippen LogP contribution in [0.2, 0.25) is 0 Å². The van der Waals surface area contributed by atoms with Crippen LogP contribution in [-0.4, -0.2) is 34.8 Å². The zero-order valence-corrected chi connectivity index (χ0v) is 13.3. The highest BCUT2D eigenvalue weighted by molar-refractivity contribution is 5.44. The first-order chi connectivity index (χ1) is 9.08. The van der Waals surface area contributed by atoms with Crippen molar-refractivity contribution in [3.8, 4) is 0 Å². The molecule has 0 atom stereocenters. The van der Waals surface area contributed by atoms with Crippen molar-refractivity contribution >= 4 is 5.82 Å². The van der Waals surface area contributed by atoms with Gasteiger partial charge in [-0.3, -0.25) is 0 Å². The van der Waals surface area contributed by atoms with Gasteiger partial charge in [0.05, 0.1) is 12.1 Å². The number of rotatable bonds is 5. The summed E-state index contributed by atoms with van der Waals surface area (Å²) in [5.74, 6) is -0.0782. The summed E-state index contributed by atoms with van der Waals surface area (Å²) in [6.45, 7) is 10.2. The van der Waals surface area contributed by atoms with Crippen molar-refractivity contribution in [3.05, 3.63) is 23.6 Å². The molecule has 114 valence electrons. The lowest BCUT2D eigenvalue weighted by Crippen LogP contribution is -2.45. The first-order valence-corrected chi connectivity index (χ1v) is 6.81. The number of aliphatic hydroxyl groups excluding tert-OH is 1. The molecule has 0 radical (unpaired) electrons. The smallest absolute Gasteiger partial charge is 0.170 e. The molecule has 0 aliphatic carbocycles. The number of nitrogens with one attached hydrogen (secondary N) is 1. The molecule has 1 heterocycles. The van der Waals surface area contributed by atoms with Gasteiger partial charge in [0.1, 0.15) is 0 Å². The standard InChI is InChI=1S/C15H26FN3O/c1-14(2,3)18-9-11-7-8-17-13(12(11)16)19(6)15(4,5)10-20/h7-8,18,20H,9-10H2,1-6H3. The van der Waals surface area contributed by atoms with Crippen molar-refractivity contribution in [1.29, 1.82) is 0 Å². The minimum Gasteiger partial charge on any atom is -0.394 e. The summed E-state index contributed by atoms with van der Waals surface area (Å²) < 4.78 is 14.5. The second-order valence-corrected chi connectivity index (χ2v) is 6.74. The van der Waals surface area contributed by atoms with E-state index in [-0.39, 0.29) is 23.8 Å². The molecule has 0 spiro atoms. The number of hydrogen-bond acceptors (Lipinski definition) is 4. The lowest BCUT2D eigenvalue weighted by atomic mass is 10.0. The largest absolute Gasteiger partial charge is 0.394 e. The molecule has 0 unspecified atom stereocenters. The van der Waals surface area contributed by atoms with E-state index in [4.69, 9.17) is 0 Å². The summed E-state index contributed by atoms with van der Waals surface area (Å²) in [7, 11) is 1.74. The predicted octanol–water partition coefficient (Wildman–Crippen LogP) is 2.32. The molecular formula is C15H26FN3O. The minimum atomic E-state index is -0.566. The Balaban J connectivity index is 3.01. The van der Waals surface area contributed by atoms with Gasteiger partial charge in [-0.1, -0.05) is 0 Å². The summed E-state index contributed by atoms with van der Waals surface area (Å²) in [6, 6.07) is 1.68. The van der Waals surface area contributed by atoms with Crippen LogP contribution in [0.1, 0.15) is 40.2 Å². The molecule has 0 aliphatic heterocycles. The lowest BCUT2D eigenvalue weighted by molar-refractivity contribution is 0.215. The van der Waals surface area contributed by atoms with E-state index in [0.717, 1.165) is 0 Å². The predicted molar refractivity (Wildman–Crippen MR) is 80.4 cm³/mol. The summed E-state index contributed by atoms with van der Waals surface area (Å²) in [6.07, 6.45) is 1.60. The Morgan fingerprint density at radius 2 is 1.90 bits per heavy atom. The molecule has 0 saturated heterocycles. The summed E-state index contributed by atoms with van der Waals surface area (Å²) in [5, 5.41) is 12.7. The van der Waals surface area contributed by atoms with Crippen molar-refractivity contribution in [2.45, 2.75) is 52.2 Å². The second-order valence-electron chi connectivity index (χ2n) is 6.74. The second kappa shape index (κ2) is 6.06. The van der Waals surface area contributed by atoms with E-state index in [0.29, 0.717) is 12.1 Å². The molecule has 0 aliphatic rings. The molecule has 5 heteroatoms. The Labute approximate surface area is 121 Å². The SMILES string of the molecule is CN(c1nccc(CNC(C)(C)C)c1F)C(C)(C)CO. The van der Waals surface area contributed by atoms with Crippen molar-refractivity contribution in [2.24, 2.45) is 0 Å². The van der Waals surface area contributed by atoms with Gasteiger partial charge >= 0.3 is 0 Å². The summed E-state index contributed by atoms with van der Waals surface area (Å²) in [5.41, 5.74) is -0.0682. The molecule has 2 N–H and O–H groups in total. The molecule has 4 nitrogen and oxygen atoms in total. The maximum atomic E-state index is 14.5. The fourth-order valence-corrected chi connectivity index (χ4v) is 1.59. The van der Waals surface area contributed by atoms with Crippen LogP contribution < -0.4 is 10.2 Å². The summed E-state index contributed by atoms with van der Waals surface area (Å²) in [4.78, 5) is 5.78. The van der Waals surface area contributed by atoms with E-state index in [9.17, 15) is 9.50 Å². The molecule has 0 fully saturated rings. The third-order valence-corrected chi connectivity index (χ3v) is 3.37. The van der Waals surface area contributed by atoms with Gasteiger partial charge in [0, 0.05) is 30.9 Å². The van der Waals surface area contributed by atoms with Gasteiger partial charge in [0.15, 0.2) is 11.6 Å². The van der Waals surface area contributed by atoms with Crippen LogP contribution in [0.25, 0.3) is 0 Å². The van der Waals surface area contributed by atoms with Crippen LogP contribution in [0, 0.1) is 5.82 Å². The first kappa shape index (κ1) is 16.9. The van der Waals surface area contributed by atoms with E-state index in [1.165, 1.54) is 0 Å². The highest BCUT2D eigenvalue weighted by Crippen LogP contribution is 2.24. The zero-order valence-electron chi connectivity index (χ0n) is 13.3. The number of nitrogens with zero attached hydrogens (tertiary/aromatic N) is 2. The molecule has 1 aromatic heterocycles. The maximum Gasteiger partial charge on any atom is 0.170 e. The van der Waals surface area contributed by atoms with E-state index in [1.807, 2.05) is 34.6 Å². The van der Waals surface area contributed by atoms with Crippen LogP contribution in [0.3, 0.4) is 0 Å². The van der Waals surface area contributed by atoms with Crippen molar-refractivity contribution < 1.29 is 9.50 Å². The van der Waals surface area contributed by atoms with Crippen LogP contribution in [0.15, 0.2) is 12.3 Å². The van der Waals surface area contributed by atoms with Gasteiger partial charge in [-0.2, -0.15) is 0 Å². The first-order valence-electron chi connectivity index (χ1n) is 6.81. The average Bonchev–Trinajstić information content (AvgIpc) is 2.35. The maximum absolute atomic E-state index is 14.5. The van der Waals surface area contributed by atoms with E-state index in [1.54, 1.807) is 24.2 Å². The number of aliphatic hydroxyl groups is 1. The molecule has 0 amide bonds. The molecule has 0 saturated carbocycles. The quantitative estimate of drug-likeness (QED) is 0.870. The number of anilines is 1. The average molecular weight is 283 g/mol. The minimum absolute atomic E-state index is 0.0743. The van der Waals surface area contributed by atoms with Crippen LogP contribution >= 0.6 is 0 Å². The Morgan fingerprint density at radius 1 is 1.30 bits per heavy atom. The van der Waals surface area contributed by atoms with Gasteiger partial charge < -0.3 is 15.3 Å². The van der Waals surface area contributed by atoms with Gasteiger partial charge in [0.2, 0.25) is 0 Å². The van der Waals surface area contributed by atoms with Gasteiger partial charge in [-0.15, -0.1) is 0 Å². The fraction of sp³-hybridized carbons (Fsp3) is 0.667. The van der Waals surface area contributed by atoms with E-state index >= 15 is 0 Å². The van der Waals surface area contributed by atoms with Crippen molar-refractivity contribution in [1.82, 2.24) is 10.3 Å². The van der Waals surface area contributed by atoms with Crippen molar-refractivity contribution in [2.75, 3.05) is 18.6 Å². The van der Waals surface area contributed by atoms with Crippen LogP contribution in [0.5, 0.6) is 0 Å². The molecular weight excluding hydrogens is 257 g/mol. The Bertz CT molecular complexity index is 455. The van der Waals surface area contributed by atoms with Gasteiger partial charge in [-0.05, 0) is 40.7 Å². The zero-order chi connectivity index (χ0) is 15.6. The topological polar surface area (TPSA) is 48.4 Å². The molecule has 0 bridgehead atoms. The molecule has 0 aromatic carbocycles. The van der Waals surface area contributed by atoms with Gasteiger partial charge in [0.25, 0.3) is 0 Å². The van der Waals surface area contributed by atoms with E-state index in [2.05, 4.69) is 10.3 Å². The van der Waals surface area contributed by atoms with Crippen LogP contribution in [0.4, 0.5) is 10.2 Å². The van der Waals surface area contributed by atoms with E-state index < -0.39 is 5.54 Å². The summed E-state index contributed by atoms with van der Waals surface area (Å²) >= 11 is 0. The van der Waals surface area contributed by atoms with Crippen LogP contribution in [-0.2, 0) is 6.54 Å². The molecule has 1 aromatic rings. The monoisotopic (exact) mass is 283 g/mol. The Morgan fingerprint density at radius 3 is 2.40 bits per heavy atom. The Hall–Kier alpha value is -1.20. The fourth-order valence-electron chi connectivity index (χ4n) is 1.59. The third-order valence-electron chi connectivity index (χ3n) is 3.37. The highest BCUT2D eigenvalue weighted by Gasteiger charge is 2.26.